The summed E-state index contributed by atoms with van der Waals surface area (Å²) in [5, 5.41) is 18.2. The van der Waals surface area contributed by atoms with E-state index in [0.717, 1.165) is 6.42 Å². The molecule has 0 aromatic heterocycles. The van der Waals surface area contributed by atoms with Crippen LogP contribution in [0.1, 0.15) is 12.8 Å². The Morgan fingerprint density at radius 2 is 1.38 bits per heavy atom. The summed E-state index contributed by atoms with van der Waals surface area (Å²) in [6.07, 6.45) is -0.241. The quantitative estimate of drug-likeness (QED) is 0.724. The number of ether oxygens (including phenoxy) is 1. The van der Waals surface area contributed by atoms with Crippen molar-refractivity contribution in [1.29, 1.82) is 0 Å². The third-order valence-electron chi connectivity index (χ3n) is 4.71. The zero-order valence-electron chi connectivity index (χ0n) is 11.5. The van der Waals surface area contributed by atoms with E-state index >= 15 is 0 Å². The van der Waals surface area contributed by atoms with Crippen LogP contribution in [-0.2, 0) is 14.3 Å². The lowest BCUT2D eigenvalue weighted by molar-refractivity contribution is -0.151. The summed E-state index contributed by atoms with van der Waals surface area (Å²) < 4.78 is 5.60. The SMILES string of the molecule is O=C(O)C1C2CCC(O2)C1C(=O)N1CCN(C(=O)O)CC1. The first-order valence-corrected chi connectivity index (χ1v) is 7.14. The number of carbonyl (C=O) groups is 3. The van der Waals surface area contributed by atoms with Crippen LogP contribution in [-0.4, -0.2) is 76.4 Å². The number of piperazine rings is 1. The molecule has 4 atom stereocenters. The zero-order chi connectivity index (χ0) is 15.1. The number of carbonyl (C=O) groups excluding carboxylic acids is 1. The van der Waals surface area contributed by atoms with Crippen LogP contribution in [0.15, 0.2) is 0 Å². The molecule has 0 aromatic carbocycles. The molecular weight excluding hydrogens is 280 g/mol. The summed E-state index contributed by atoms with van der Waals surface area (Å²) >= 11 is 0. The van der Waals surface area contributed by atoms with Crippen molar-refractivity contribution in [3.63, 3.8) is 0 Å². The number of amides is 2. The highest BCUT2D eigenvalue weighted by Crippen LogP contribution is 2.44. The minimum Gasteiger partial charge on any atom is -0.481 e. The molecule has 2 bridgehead atoms. The molecule has 2 N–H and O–H groups in total. The highest BCUT2D eigenvalue weighted by atomic mass is 16.5. The van der Waals surface area contributed by atoms with Gasteiger partial charge in [0.25, 0.3) is 0 Å². The van der Waals surface area contributed by atoms with E-state index in [-0.39, 0.29) is 31.2 Å². The fourth-order valence-corrected chi connectivity index (χ4v) is 3.63. The molecule has 3 heterocycles. The summed E-state index contributed by atoms with van der Waals surface area (Å²) in [5.41, 5.74) is 0. The number of carboxylic acids is 1. The van der Waals surface area contributed by atoms with Crippen LogP contribution in [0.2, 0.25) is 0 Å². The van der Waals surface area contributed by atoms with Crippen molar-refractivity contribution in [3.8, 4) is 0 Å². The van der Waals surface area contributed by atoms with Crippen molar-refractivity contribution < 1.29 is 29.3 Å². The Labute approximate surface area is 121 Å². The van der Waals surface area contributed by atoms with E-state index in [4.69, 9.17) is 9.84 Å². The number of carboxylic acid groups (broad SMARTS) is 2. The minimum atomic E-state index is -0.992. The molecule has 8 heteroatoms. The lowest BCUT2D eigenvalue weighted by Crippen LogP contribution is -2.54. The van der Waals surface area contributed by atoms with E-state index in [1.54, 1.807) is 4.90 Å². The van der Waals surface area contributed by atoms with Crippen LogP contribution in [0.25, 0.3) is 0 Å². The Morgan fingerprint density at radius 1 is 0.857 bits per heavy atom. The molecule has 2 amide bonds. The van der Waals surface area contributed by atoms with Gasteiger partial charge in [-0.3, -0.25) is 9.59 Å². The summed E-state index contributed by atoms with van der Waals surface area (Å²) in [5.74, 6) is -2.59. The molecule has 21 heavy (non-hydrogen) atoms. The molecule has 3 saturated heterocycles. The Morgan fingerprint density at radius 3 is 1.90 bits per heavy atom. The monoisotopic (exact) mass is 298 g/mol. The zero-order valence-corrected chi connectivity index (χ0v) is 11.5. The molecular formula is C13H18N2O6. The fourth-order valence-electron chi connectivity index (χ4n) is 3.63. The predicted molar refractivity (Wildman–Crippen MR) is 68.7 cm³/mol. The molecule has 116 valence electrons. The normalized spacial score (nSPS) is 35.0. The summed E-state index contributed by atoms with van der Waals surface area (Å²) in [7, 11) is 0. The van der Waals surface area contributed by atoms with Gasteiger partial charge in [0.1, 0.15) is 0 Å². The van der Waals surface area contributed by atoms with E-state index in [0.29, 0.717) is 19.5 Å². The van der Waals surface area contributed by atoms with Crippen LogP contribution in [0.3, 0.4) is 0 Å². The topological polar surface area (TPSA) is 107 Å². The molecule has 3 aliphatic rings. The maximum Gasteiger partial charge on any atom is 0.407 e. The van der Waals surface area contributed by atoms with Gasteiger partial charge in [-0.1, -0.05) is 0 Å². The Balaban J connectivity index is 1.68. The second kappa shape index (κ2) is 5.18. The first-order chi connectivity index (χ1) is 9.99. The molecule has 0 saturated carbocycles. The minimum absolute atomic E-state index is 0.209. The molecule has 3 rings (SSSR count). The van der Waals surface area contributed by atoms with Crippen molar-refractivity contribution in [2.75, 3.05) is 26.2 Å². The van der Waals surface area contributed by atoms with Gasteiger partial charge in [-0.25, -0.2) is 4.79 Å². The second-order valence-corrected chi connectivity index (χ2v) is 5.78. The number of hydrogen-bond donors (Lipinski definition) is 2. The van der Waals surface area contributed by atoms with E-state index in [1.165, 1.54) is 4.90 Å². The van der Waals surface area contributed by atoms with Crippen LogP contribution < -0.4 is 0 Å². The lowest BCUT2D eigenvalue weighted by atomic mass is 9.78. The van der Waals surface area contributed by atoms with Gasteiger partial charge in [-0.15, -0.1) is 0 Å². The smallest absolute Gasteiger partial charge is 0.407 e. The third kappa shape index (κ3) is 2.33. The van der Waals surface area contributed by atoms with E-state index in [1.807, 2.05) is 0 Å². The first-order valence-electron chi connectivity index (χ1n) is 7.14. The Hall–Kier alpha value is -1.83. The van der Waals surface area contributed by atoms with E-state index < -0.39 is 23.9 Å². The third-order valence-corrected chi connectivity index (χ3v) is 4.71. The van der Waals surface area contributed by atoms with Gasteiger partial charge in [0, 0.05) is 26.2 Å². The molecule has 0 radical (unpaired) electrons. The number of aliphatic carboxylic acids is 1. The van der Waals surface area contributed by atoms with Gasteiger partial charge in [0.2, 0.25) is 5.91 Å². The van der Waals surface area contributed by atoms with Gasteiger partial charge < -0.3 is 24.7 Å². The summed E-state index contributed by atoms with van der Waals surface area (Å²) in [6.45, 7) is 1.15. The van der Waals surface area contributed by atoms with Gasteiger partial charge >= 0.3 is 12.1 Å². The van der Waals surface area contributed by atoms with Crippen molar-refractivity contribution in [2.45, 2.75) is 25.0 Å². The van der Waals surface area contributed by atoms with Crippen molar-refractivity contribution >= 4 is 18.0 Å². The molecule has 0 aliphatic carbocycles. The van der Waals surface area contributed by atoms with E-state index in [2.05, 4.69) is 0 Å². The van der Waals surface area contributed by atoms with Crippen molar-refractivity contribution in [1.82, 2.24) is 9.80 Å². The molecule has 3 aliphatic heterocycles. The average molecular weight is 298 g/mol. The van der Waals surface area contributed by atoms with Gasteiger partial charge in [0.15, 0.2) is 0 Å². The van der Waals surface area contributed by atoms with Crippen LogP contribution in [0, 0.1) is 11.8 Å². The highest BCUT2D eigenvalue weighted by Gasteiger charge is 2.56. The van der Waals surface area contributed by atoms with Crippen LogP contribution in [0.5, 0.6) is 0 Å². The second-order valence-electron chi connectivity index (χ2n) is 5.78. The summed E-state index contributed by atoms with van der Waals surface area (Å²) in [6, 6.07) is 0. The highest BCUT2D eigenvalue weighted by molar-refractivity contribution is 5.86. The van der Waals surface area contributed by atoms with E-state index in [9.17, 15) is 19.5 Å². The van der Waals surface area contributed by atoms with Gasteiger partial charge in [-0.05, 0) is 12.8 Å². The number of fused-ring (bicyclic) bond motifs is 2. The van der Waals surface area contributed by atoms with Crippen molar-refractivity contribution in [2.24, 2.45) is 11.8 Å². The predicted octanol–water partition coefficient (Wildman–Crippen LogP) is -0.313. The maximum absolute atomic E-state index is 12.6. The Bertz CT molecular complexity index is 473. The van der Waals surface area contributed by atoms with Crippen LogP contribution in [0.4, 0.5) is 4.79 Å². The molecule has 0 spiro atoms. The molecule has 3 fully saturated rings. The lowest BCUT2D eigenvalue weighted by Gasteiger charge is -2.36. The van der Waals surface area contributed by atoms with Gasteiger partial charge in [0.05, 0.1) is 24.0 Å². The standard InChI is InChI=1S/C13H18N2O6/c16-11(14-3-5-15(6-4-14)13(19)20)9-7-1-2-8(21-7)10(9)12(17)18/h7-10H,1-6H2,(H,17,18)(H,19,20). The summed E-state index contributed by atoms with van der Waals surface area (Å²) in [4.78, 5) is 37.7. The average Bonchev–Trinajstić information content (AvgIpc) is 3.07. The maximum atomic E-state index is 12.6. The largest absolute Gasteiger partial charge is 0.481 e. The molecule has 4 unspecified atom stereocenters. The first kappa shape index (κ1) is 14.1. The molecule has 8 nitrogen and oxygen atoms in total. The van der Waals surface area contributed by atoms with Crippen molar-refractivity contribution in [3.05, 3.63) is 0 Å². The number of rotatable bonds is 2. The molecule has 0 aromatic rings. The number of hydrogen-bond acceptors (Lipinski definition) is 4. The van der Waals surface area contributed by atoms with Gasteiger partial charge in [-0.2, -0.15) is 0 Å². The Kier molecular flexibility index (Phi) is 3.48. The van der Waals surface area contributed by atoms with Crippen LogP contribution >= 0.6 is 0 Å². The number of nitrogens with zero attached hydrogens (tertiary/aromatic N) is 2. The fraction of sp³-hybridized carbons (Fsp3) is 0.769.